The third-order valence-electron chi connectivity index (χ3n) is 3.20. The maximum atomic E-state index is 11.6. The van der Waals surface area contributed by atoms with Crippen LogP contribution in [0.4, 0.5) is 0 Å². The summed E-state index contributed by atoms with van der Waals surface area (Å²) in [4.78, 5) is 26.6. The van der Waals surface area contributed by atoms with Gasteiger partial charge in [0.05, 0.1) is 5.41 Å². The predicted molar refractivity (Wildman–Crippen MR) is 63.7 cm³/mol. The van der Waals surface area contributed by atoms with Crippen LogP contribution >= 0.6 is 0 Å². The zero-order chi connectivity index (χ0) is 13.6. The molecule has 1 heterocycles. The smallest absolute Gasteiger partial charge is 0.311 e. The number of carbonyl (C=O) groups excluding carboxylic acids is 1. The Kier molecular flexibility index (Phi) is 4.82. The summed E-state index contributed by atoms with van der Waals surface area (Å²) in [6.07, 6.45) is 3.72. The number of rotatable bonds is 7. The zero-order valence-electron chi connectivity index (χ0n) is 10.6. The average Bonchev–Trinajstić information content (AvgIpc) is 2.83. The molecule has 18 heavy (non-hydrogen) atoms. The normalized spacial score (nSPS) is 11.2. The Morgan fingerprint density at radius 3 is 2.50 bits per heavy atom. The lowest BCUT2D eigenvalue weighted by Gasteiger charge is -2.26. The van der Waals surface area contributed by atoms with E-state index < -0.39 is 11.4 Å². The number of hydrogen-bond acceptors (Lipinski definition) is 4. The van der Waals surface area contributed by atoms with E-state index in [1.54, 1.807) is 13.8 Å². The Balaban J connectivity index is 2.52. The van der Waals surface area contributed by atoms with Crippen LogP contribution in [-0.4, -0.2) is 38.3 Å². The summed E-state index contributed by atoms with van der Waals surface area (Å²) in [5.74, 6) is -1.15. The highest BCUT2D eigenvalue weighted by molar-refractivity contribution is 5.78. The van der Waals surface area contributed by atoms with Gasteiger partial charge in [-0.15, -0.1) is 0 Å². The van der Waals surface area contributed by atoms with Gasteiger partial charge in [-0.1, -0.05) is 13.8 Å². The molecule has 0 aliphatic carbocycles. The lowest BCUT2D eigenvalue weighted by Crippen LogP contribution is -2.43. The average molecular weight is 254 g/mol. The summed E-state index contributed by atoms with van der Waals surface area (Å²) < 4.78 is 1.38. The molecule has 0 saturated carbocycles. The first kappa shape index (κ1) is 14.1. The lowest BCUT2D eigenvalue weighted by atomic mass is 9.82. The molecule has 100 valence electrons. The van der Waals surface area contributed by atoms with Crippen molar-refractivity contribution in [2.45, 2.75) is 33.2 Å². The first-order valence-electron chi connectivity index (χ1n) is 5.86. The molecule has 0 radical (unpaired) electrons. The summed E-state index contributed by atoms with van der Waals surface area (Å²) in [6.45, 7) is 3.79. The monoisotopic (exact) mass is 254 g/mol. The Morgan fingerprint density at radius 2 is 2.06 bits per heavy atom. The van der Waals surface area contributed by atoms with Gasteiger partial charge in [-0.25, -0.2) is 9.67 Å². The van der Waals surface area contributed by atoms with Crippen LogP contribution in [0.3, 0.4) is 0 Å². The number of carbonyl (C=O) groups is 2. The quantitative estimate of drug-likeness (QED) is 0.728. The van der Waals surface area contributed by atoms with Gasteiger partial charge in [-0.3, -0.25) is 9.59 Å². The molecule has 0 bridgehead atoms. The fourth-order valence-corrected chi connectivity index (χ4v) is 1.66. The number of carboxylic acid groups (broad SMARTS) is 1. The fourth-order valence-electron chi connectivity index (χ4n) is 1.66. The summed E-state index contributed by atoms with van der Waals surface area (Å²) in [7, 11) is 0. The summed E-state index contributed by atoms with van der Waals surface area (Å²) in [6, 6.07) is 0. The Labute approximate surface area is 105 Å². The molecular formula is C11H18N4O3. The van der Waals surface area contributed by atoms with Gasteiger partial charge in [0, 0.05) is 6.54 Å². The van der Waals surface area contributed by atoms with E-state index in [-0.39, 0.29) is 19.0 Å². The molecule has 1 rings (SSSR count). The summed E-state index contributed by atoms with van der Waals surface area (Å²) in [5.41, 5.74) is -0.891. The van der Waals surface area contributed by atoms with Crippen LogP contribution in [0.25, 0.3) is 0 Å². The van der Waals surface area contributed by atoms with Crippen LogP contribution in [0.2, 0.25) is 0 Å². The van der Waals surface area contributed by atoms with E-state index in [9.17, 15) is 14.7 Å². The van der Waals surface area contributed by atoms with E-state index in [1.165, 1.54) is 17.3 Å². The van der Waals surface area contributed by atoms with Crippen LogP contribution in [0, 0.1) is 5.41 Å². The Hall–Kier alpha value is -1.92. The second-order valence-electron chi connectivity index (χ2n) is 4.16. The number of aromatic nitrogens is 3. The highest BCUT2D eigenvalue weighted by atomic mass is 16.4. The zero-order valence-corrected chi connectivity index (χ0v) is 10.6. The van der Waals surface area contributed by atoms with Crippen molar-refractivity contribution in [1.82, 2.24) is 20.1 Å². The minimum atomic E-state index is -0.891. The predicted octanol–water partition coefficient (Wildman–Crippen LogP) is 0.285. The van der Waals surface area contributed by atoms with E-state index in [0.717, 1.165) is 0 Å². The van der Waals surface area contributed by atoms with Crippen LogP contribution in [-0.2, 0) is 16.1 Å². The number of nitrogens with zero attached hydrogens (tertiary/aromatic N) is 3. The molecular weight excluding hydrogens is 236 g/mol. The van der Waals surface area contributed by atoms with Crippen molar-refractivity contribution in [2.75, 3.05) is 6.54 Å². The van der Waals surface area contributed by atoms with Crippen molar-refractivity contribution >= 4 is 11.9 Å². The Morgan fingerprint density at radius 1 is 1.39 bits per heavy atom. The van der Waals surface area contributed by atoms with Crippen LogP contribution in [0.1, 0.15) is 26.7 Å². The minimum absolute atomic E-state index is 0.0448. The first-order valence-corrected chi connectivity index (χ1v) is 5.86. The maximum Gasteiger partial charge on any atom is 0.311 e. The highest BCUT2D eigenvalue weighted by Crippen LogP contribution is 2.25. The first-order chi connectivity index (χ1) is 8.54. The number of hydrogen-bond donors (Lipinski definition) is 2. The highest BCUT2D eigenvalue weighted by Gasteiger charge is 2.35. The van der Waals surface area contributed by atoms with E-state index in [0.29, 0.717) is 12.8 Å². The number of carboxylic acids is 1. The molecule has 2 N–H and O–H groups in total. The second-order valence-corrected chi connectivity index (χ2v) is 4.16. The van der Waals surface area contributed by atoms with E-state index in [2.05, 4.69) is 15.4 Å². The van der Waals surface area contributed by atoms with E-state index >= 15 is 0 Å². The molecule has 0 fully saturated rings. The van der Waals surface area contributed by atoms with Gasteiger partial charge >= 0.3 is 5.97 Å². The largest absolute Gasteiger partial charge is 0.481 e. The standard InChI is InChI=1S/C11H18N4O3/c1-3-11(4-2,10(17)18)6-13-9(16)5-15-8-12-7-14-15/h7-8H,3-6H2,1-2H3,(H,13,16)(H,17,18). The van der Waals surface area contributed by atoms with Crippen molar-refractivity contribution in [3.05, 3.63) is 12.7 Å². The van der Waals surface area contributed by atoms with Crippen molar-refractivity contribution < 1.29 is 14.7 Å². The van der Waals surface area contributed by atoms with Crippen molar-refractivity contribution in [3.63, 3.8) is 0 Å². The lowest BCUT2D eigenvalue weighted by molar-refractivity contribution is -0.149. The molecule has 0 aliphatic heterocycles. The van der Waals surface area contributed by atoms with Crippen LogP contribution < -0.4 is 5.32 Å². The van der Waals surface area contributed by atoms with Gasteiger partial charge in [0.15, 0.2) is 0 Å². The Bertz CT molecular complexity index is 398. The second kappa shape index (κ2) is 6.13. The van der Waals surface area contributed by atoms with Gasteiger partial charge in [-0.05, 0) is 12.8 Å². The number of aliphatic carboxylic acids is 1. The van der Waals surface area contributed by atoms with Crippen LogP contribution in [0.15, 0.2) is 12.7 Å². The van der Waals surface area contributed by atoms with Crippen molar-refractivity contribution in [3.8, 4) is 0 Å². The van der Waals surface area contributed by atoms with Gasteiger partial charge in [0.2, 0.25) is 5.91 Å². The maximum absolute atomic E-state index is 11.6. The molecule has 1 aromatic rings. The minimum Gasteiger partial charge on any atom is -0.481 e. The summed E-state index contributed by atoms with van der Waals surface area (Å²) >= 11 is 0. The number of nitrogens with one attached hydrogen (secondary N) is 1. The molecule has 0 atom stereocenters. The molecule has 7 heteroatoms. The molecule has 0 unspecified atom stereocenters. The third kappa shape index (κ3) is 3.28. The van der Waals surface area contributed by atoms with Gasteiger partial charge in [0.25, 0.3) is 0 Å². The van der Waals surface area contributed by atoms with E-state index in [1.807, 2.05) is 0 Å². The van der Waals surface area contributed by atoms with Gasteiger partial charge in [0.1, 0.15) is 19.2 Å². The molecule has 0 aromatic carbocycles. The number of amides is 1. The molecule has 7 nitrogen and oxygen atoms in total. The topological polar surface area (TPSA) is 97.1 Å². The third-order valence-corrected chi connectivity index (χ3v) is 3.20. The molecule has 1 amide bonds. The summed E-state index contributed by atoms with van der Waals surface area (Å²) in [5, 5.41) is 15.7. The fraction of sp³-hybridized carbons (Fsp3) is 0.636. The van der Waals surface area contributed by atoms with E-state index in [4.69, 9.17) is 0 Å². The molecule has 0 aliphatic rings. The molecule has 0 saturated heterocycles. The molecule has 0 spiro atoms. The van der Waals surface area contributed by atoms with Crippen molar-refractivity contribution in [1.29, 1.82) is 0 Å². The van der Waals surface area contributed by atoms with Crippen molar-refractivity contribution in [2.24, 2.45) is 5.41 Å². The SMILES string of the molecule is CCC(CC)(CNC(=O)Cn1cncn1)C(=O)O. The van der Waals surface area contributed by atoms with Crippen LogP contribution in [0.5, 0.6) is 0 Å². The molecule has 1 aromatic heterocycles. The van der Waals surface area contributed by atoms with Gasteiger partial charge < -0.3 is 10.4 Å². The van der Waals surface area contributed by atoms with Gasteiger partial charge in [-0.2, -0.15) is 5.10 Å².